The Bertz CT molecular complexity index is 517. The molecule has 0 aliphatic carbocycles. The third-order valence-electron chi connectivity index (χ3n) is 1.96. The number of nitrogens with one attached hydrogen (secondary N) is 1. The molecule has 0 radical (unpaired) electrons. The second kappa shape index (κ2) is 4.59. The van der Waals surface area contributed by atoms with Gasteiger partial charge >= 0.3 is 6.01 Å². The van der Waals surface area contributed by atoms with Crippen LogP contribution in [-0.2, 0) is 0 Å². The van der Waals surface area contributed by atoms with Gasteiger partial charge in [-0.05, 0) is 20.8 Å². The molecule has 0 saturated heterocycles. The highest BCUT2D eigenvalue weighted by Gasteiger charge is 2.16. The second-order valence-electron chi connectivity index (χ2n) is 4.68. The van der Waals surface area contributed by atoms with E-state index < -0.39 is 0 Å². The van der Waals surface area contributed by atoms with Crippen molar-refractivity contribution in [3.05, 3.63) is 18.7 Å². The fraction of sp³-hybridized carbons (Fsp3) is 0.455. The lowest BCUT2D eigenvalue weighted by atomic mass is 10.2. The molecule has 0 aliphatic heterocycles. The molecule has 0 bridgehead atoms. The molecule has 0 aliphatic rings. The van der Waals surface area contributed by atoms with Crippen LogP contribution in [0.3, 0.4) is 0 Å². The van der Waals surface area contributed by atoms with Crippen LogP contribution in [-0.4, -0.2) is 37.2 Å². The summed E-state index contributed by atoms with van der Waals surface area (Å²) in [7, 11) is 1.74. The first-order chi connectivity index (χ1) is 8.48. The van der Waals surface area contributed by atoms with Crippen molar-refractivity contribution in [2.75, 3.05) is 12.4 Å². The van der Waals surface area contributed by atoms with E-state index in [0.717, 1.165) is 0 Å². The Morgan fingerprint density at radius 2 is 2.00 bits per heavy atom. The van der Waals surface area contributed by atoms with E-state index >= 15 is 0 Å². The number of rotatable bonds is 3. The predicted octanol–water partition coefficient (Wildman–Crippen LogP) is 1.28. The Balaban J connectivity index is 2.39. The number of imidazole rings is 1. The van der Waals surface area contributed by atoms with Crippen molar-refractivity contribution in [2.24, 2.45) is 0 Å². The van der Waals surface area contributed by atoms with Gasteiger partial charge in [-0.1, -0.05) is 0 Å². The van der Waals surface area contributed by atoms with Crippen LogP contribution in [0.2, 0.25) is 0 Å². The SMILES string of the molecule is CNc1nc(OC(C)(C)C)nc(-n2ccnc2)n1. The fourth-order valence-corrected chi connectivity index (χ4v) is 1.27. The summed E-state index contributed by atoms with van der Waals surface area (Å²) in [4.78, 5) is 16.6. The van der Waals surface area contributed by atoms with Crippen molar-refractivity contribution in [1.29, 1.82) is 0 Å². The van der Waals surface area contributed by atoms with Gasteiger partial charge in [0.25, 0.3) is 0 Å². The Labute approximate surface area is 105 Å². The minimum absolute atomic E-state index is 0.283. The minimum Gasteiger partial charge on any atom is -0.458 e. The molecule has 2 aromatic rings. The fourth-order valence-electron chi connectivity index (χ4n) is 1.27. The van der Waals surface area contributed by atoms with Crippen molar-refractivity contribution in [1.82, 2.24) is 24.5 Å². The van der Waals surface area contributed by atoms with E-state index in [0.29, 0.717) is 11.9 Å². The Kier molecular flexibility index (Phi) is 3.14. The summed E-state index contributed by atoms with van der Waals surface area (Å²) >= 11 is 0. The molecular weight excluding hydrogens is 232 g/mol. The van der Waals surface area contributed by atoms with Crippen LogP contribution in [0, 0.1) is 0 Å². The highest BCUT2D eigenvalue weighted by atomic mass is 16.5. The summed E-state index contributed by atoms with van der Waals surface area (Å²) in [5, 5.41) is 2.88. The molecule has 96 valence electrons. The maximum Gasteiger partial charge on any atom is 0.323 e. The number of nitrogens with zero attached hydrogens (tertiary/aromatic N) is 5. The maximum atomic E-state index is 5.65. The van der Waals surface area contributed by atoms with Gasteiger partial charge in [0.2, 0.25) is 11.9 Å². The molecule has 0 atom stereocenters. The highest BCUT2D eigenvalue weighted by molar-refractivity contribution is 5.29. The van der Waals surface area contributed by atoms with Crippen molar-refractivity contribution >= 4 is 5.95 Å². The van der Waals surface area contributed by atoms with Crippen molar-refractivity contribution in [3.63, 3.8) is 0 Å². The molecule has 2 heterocycles. The van der Waals surface area contributed by atoms with E-state index in [-0.39, 0.29) is 11.6 Å². The summed E-state index contributed by atoms with van der Waals surface area (Å²) in [5.74, 6) is 0.916. The van der Waals surface area contributed by atoms with Gasteiger partial charge in [0, 0.05) is 19.4 Å². The number of hydrogen-bond acceptors (Lipinski definition) is 6. The predicted molar refractivity (Wildman–Crippen MR) is 66.9 cm³/mol. The zero-order valence-corrected chi connectivity index (χ0v) is 10.9. The topological polar surface area (TPSA) is 77.8 Å². The third-order valence-corrected chi connectivity index (χ3v) is 1.96. The van der Waals surface area contributed by atoms with Crippen molar-refractivity contribution < 1.29 is 4.74 Å². The first-order valence-corrected chi connectivity index (χ1v) is 5.59. The molecule has 0 amide bonds. The van der Waals surface area contributed by atoms with E-state index in [4.69, 9.17) is 4.74 Å². The van der Waals surface area contributed by atoms with E-state index in [9.17, 15) is 0 Å². The molecule has 0 unspecified atom stereocenters. The van der Waals surface area contributed by atoms with Crippen LogP contribution >= 0.6 is 0 Å². The van der Waals surface area contributed by atoms with E-state index in [1.165, 1.54) is 0 Å². The summed E-state index contributed by atoms with van der Waals surface area (Å²) in [6.45, 7) is 5.81. The van der Waals surface area contributed by atoms with Gasteiger partial charge in [0.15, 0.2) is 0 Å². The normalized spacial score (nSPS) is 11.3. The summed E-state index contributed by atoms with van der Waals surface area (Å²) < 4.78 is 7.34. The Morgan fingerprint density at radius 1 is 1.22 bits per heavy atom. The lowest BCUT2D eigenvalue weighted by molar-refractivity contribution is 0.116. The zero-order chi connectivity index (χ0) is 13.2. The first-order valence-electron chi connectivity index (χ1n) is 5.59. The molecule has 0 fully saturated rings. The number of hydrogen-bond donors (Lipinski definition) is 1. The average Bonchev–Trinajstić information content (AvgIpc) is 2.79. The number of anilines is 1. The molecular formula is C11H16N6O. The van der Waals surface area contributed by atoms with Gasteiger partial charge in [0.1, 0.15) is 11.9 Å². The van der Waals surface area contributed by atoms with Crippen LogP contribution in [0.5, 0.6) is 6.01 Å². The third kappa shape index (κ3) is 2.93. The highest BCUT2D eigenvalue weighted by Crippen LogP contribution is 2.16. The standard InChI is InChI=1S/C11H16N6O/c1-11(2,3)18-10-15-8(12-4)14-9(16-10)17-6-5-13-7-17/h5-7H,1-4H3,(H,12,14,15,16). The first kappa shape index (κ1) is 12.3. The average molecular weight is 248 g/mol. The van der Waals surface area contributed by atoms with E-state index in [1.54, 1.807) is 30.3 Å². The van der Waals surface area contributed by atoms with Crippen molar-refractivity contribution in [3.8, 4) is 12.0 Å². The minimum atomic E-state index is -0.363. The molecule has 2 rings (SSSR count). The second-order valence-corrected chi connectivity index (χ2v) is 4.68. The lowest BCUT2D eigenvalue weighted by Gasteiger charge is -2.19. The van der Waals surface area contributed by atoms with Gasteiger partial charge in [0.05, 0.1) is 0 Å². The van der Waals surface area contributed by atoms with Gasteiger partial charge < -0.3 is 10.1 Å². The molecule has 18 heavy (non-hydrogen) atoms. The smallest absolute Gasteiger partial charge is 0.323 e. The molecule has 0 saturated carbocycles. The van der Waals surface area contributed by atoms with Crippen LogP contribution in [0.1, 0.15) is 20.8 Å². The van der Waals surface area contributed by atoms with Gasteiger partial charge in [-0.2, -0.15) is 15.0 Å². The quantitative estimate of drug-likeness (QED) is 0.881. The van der Waals surface area contributed by atoms with E-state index in [1.807, 2.05) is 20.8 Å². The van der Waals surface area contributed by atoms with Gasteiger partial charge in [-0.15, -0.1) is 0 Å². The van der Waals surface area contributed by atoms with Gasteiger partial charge in [-0.25, -0.2) is 4.98 Å². The van der Waals surface area contributed by atoms with Crippen LogP contribution in [0.15, 0.2) is 18.7 Å². The zero-order valence-electron chi connectivity index (χ0n) is 10.9. The molecule has 7 nitrogen and oxygen atoms in total. The maximum absolute atomic E-state index is 5.65. The number of ether oxygens (including phenoxy) is 1. The summed E-state index contributed by atoms with van der Waals surface area (Å²) in [6, 6.07) is 0.283. The number of aromatic nitrogens is 5. The Hall–Kier alpha value is -2.18. The lowest BCUT2D eigenvalue weighted by Crippen LogP contribution is -2.25. The Morgan fingerprint density at radius 3 is 2.56 bits per heavy atom. The van der Waals surface area contributed by atoms with Crippen LogP contribution in [0.4, 0.5) is 5.95 Å². The van der Waals surface area contributed by atoms with E-state index in [2.05, 4.69) is 25.3 Å². The van der Waals surface area contributed by atoms with Gasteiger partial charge in [-0.3, -0.25) is 4.57 Å². The summed E-state index contributed by atoms with van der Waals surface area (Å²) in [5.41, 5.74) is -0.363. The van der Waals surface area contributed by atoms with Crippen molar-refractivity contribution in [2.45, 2.75) is 26.4 Å². The van der Waals surface area contributed by atoms with Crippen LogP contribution < -0.4 is 10.1 Å². The molecule has 7 heteroatoms. The molecule has 1 N–H and O–H groups in total. The van der Waals surface area contributed by atoms with Crippen LogP contribution in [0.25, 0.3) is 5.95 Å². The molecule has 0 spiro atoms. The monoisotopic (exact) mass is 248 g/mol. The molecule has 0 aromatic carbocycles. The molecule has 2 aromatic heterocycles. The summed E-state index contributed by atoms with van der Waals surface area (Å²) in [6.07, 6.45) is 5.04. The largest absolute Gasteiger partial charge is 0.458 e.